The predicted molar refractivity (Wildman–Crippen MR) is 114 cm³/mol. The zero-order chi connectivity index (χ0) is 21.7. The first kappa shape index (κ1) is 20.0. The number of nitrogens with zero attached hydrogens (tertiary/aromatic N) is 3. The third-order valence-electron chi connectivity index (χ3n) is 5.08. The number of aliphatic imine (C=N–C) groups is 1. The van der Waals surface area contributed by atoms with E-state index in [0.29, 0.717) is 5.82 Å². The van der Waals surface area contributed by atoms with Crippen LogP contribution in [0.5, 0.6) is 0 Å². The lowest BCUT2D eigenvalue weighted by molar-refractivity contribution is 0.373. The zero-order valence-electron chi connectivity index (χ0n) is 16.6. The summed E-state index contributed by atoms with van der Waals surface area (Å²) in [5, 5.41) is 11.3. The minimum Gasteiger partial charge on any atom is -0.331 e. The number of nitrogens with one attached hydrogen (secondary N) is 2. The maximum absolute atomic E-state index is 14.6. The number of benzene rings is 2. The van der Waals surface area contributed by atoms with E-state index in [2.05, 4.69) is 20.5 Å². The summed E-state index contributed by atoms with van der Waals surface area (Å²) in [7, 11) is -1.71. The lowest BCUT2D eigenvalue weighted by Crippen LogP contribution is -2.53. The molecule has 156 valence electrons. The highest BCUT2D eigenvalue weighted by molar-refractivity contribution is 7.90. The van der Waals surface area contributed by atoms with E-state index in [1.807, 2.05) is 37.1 Å². The molecule has 1 aliphatic heterocycles. The Morgan fingerprint density at radius 3 is 2.70 bits per heavy atom. The van der Waals surface area contributed by atoms with Crippen LogP contribution in [0.1, 0.15) is 11.3 Å². The molecule has 4 rings (SSSR count). The number of halogens is 1. The highest BCUT2D eigenvalue weighted by atomic mass is 32.2. The average molecular weight is 428 g/mol. The third-order valence-corrected chi connectivity index (χ3v) is 6.19. The minimum atomic E-state index is -3.54. The van der Waals surface area contributed by atoms with Gasteiger partial charge in [0.25, 0.3) is 0 Å². The number of H-pyrrole nitrogens is 1. The summed E-state index contributed by atoms with van der Waals surface area (Å²) in [6.07, 6.45) is 4.21. The first-order valence-electron chi connectivity index (χ1n) is 9.09. The Labute approximate surface area is 173 Å². The van der Waals surface area contributed by atoms with Gasteiger partial charge in [0.1, 0.15) is 11.6 Å². The van der Waals surface area contributed by atoms with Crippen LogP contribution in [-0.4, -0.2) is 38.1 Å². The number of hydrogen-bond acceptors (Lipinski definition) is 7. The van der Waals surface area contributed by atoms with Gasteiger partial charge in [-0.3, -0.25) is 10.8 Å². The molecule has 0 fully saturated rings. The normalized spacial score (nSPS) is 18.9. The van der Waals surface area contributed by atoms with Crippen molar-refractivity contribution in [2.75, 3.05) is 18.2 Å². The van der Waals surface area contributed by atoms with Gasteiger partial charge in [0, 0.05) is 36.3 Å². The number of hydrogen-bond donors (Lipinski definition) is 3. The topological polar surface area (TPSA) is 116 Å². The van der Waals surface area contributed by atoms with E-state index in [-0.39, 0.29) is 10.5 Å². The third kappa shape index (κ3) is 3.44. The second kappa shape index (κ2) is 6.92. The second-order valence-electron chi connectivity index (χ2n) is 7.24. The number of aryl methyl sites for hydroxylation is 1. The highest BCUT2D eigenvalue weighted by Gasteiger charge is 2.33. The van der Waals surface area contributed by atoms with Gasteiger partial charge in [-0.05, 0) is 49.4 Å². The fourth-order valence-electron chi connectivity index (χ4n) is 3.34. The SMILES string of the molecule is Cc1[nH]nc2cc(N(C)C3=CC=NC(N)(c4cc(S(C)(=O)=O)ccc4F)N3)ccc12. The zero-order valence-corrected chi connectivity index (χ0v) is 17.5. The summed E-state index contributed by atoms with van der Waals surface area (Å²) in [6.45, 7) is 1.95. The molecule has 0 aliphatic carbocycles. The van der Waals surface area contributed by atoms with Crippen LogP contribution in [0.25, 0.3) is 10.9 Å². The number of sulfone groups is 1. The Balaban J connectivity index is 1.68. The van der Waals surface area contributed by atoms with Crippen molar-refractivity contribution in [2.24, 2.45) is 10.7 Å². The number of anilines is 1. The van der Waals surface area contributed by atoms with Gasteiger partial charge in [-0.15, -0.1) is 0 Å². The van der Waals surface area contributed by atoms with Crippen molar-refractivity contribution in [1.29, 1.82) is 0 Å². The maximum atomic E-state index is 14.6. The van der Waals surface area contributed by atoms with Gasteiger partial charge in [-0.1, -0.05) is 0 Å². The molecule has 1 aliphatic rings. The number of allylic oxidation sites excluding steroid dienone is 1. The van der Waals surface area contributed by atoms with Crippen LogP contribution in [-0.2, 0) is 15.6 Å². The molecule has 0 radical (unpaired) electrons. The Hall–Kier alpha value is -3.24. The molecule has 0 saturated heterocycles. The molecule has 0 spiro atoms. The molecule has 10 heteroatoms. The average Bonchev–Trinajstić information content (AvgIpc) is 3.07. The molecule has 1 unspecified atom stereocenters. The van der Waals surface area contributed by atoms with Gasteiger partial charge in [-0.25, -0.2) is 17.8 Å². The van der Waals surface area contributed by atoms with Crippen LogP contribution < -0.4 is 16.0 Å². The van der Waals surface area contributed by atoms with Crippen LogP contribution in [0.2, 0.25) is 0 Å². The predicted octanol–water partition coefficient (Wildman–Crippen LogP) is 2.13. The van der Waals surface area contributed by atoms with Crippen molar-refractivity contribution in [3.8, 4) is 0 Å². The Morgan fingerprint density at radius 2 is 1.97 bits per heavy atom. The number of nitrogens with two attached hydrogens (primary N) is 1. The van der Waals surface area contributed by atoms with Crippen molar-refractivity contribution in [1.82, 2.24) is 15.5 Å². The van der Waals surface area contributed by atoms with Gasteiger partial charge < -0.3 is 10.2 Å². The maximum Gasteiger partial charge on any atom is 0.213 e. The fraction of sp³-hybridized carbons (Fsp3) is 0.200. The van der Waals surface area contributed by atoms with E-state index in [9.17, 15) is 12.8 Å². The largest absolute Gasteiger partial charge is 0.331 e. The van der Waals surface area contributed by atoms with E-state index < -0.39 is 21.4 Å². The fourth-order valence-corrected chi connectivity index (χ4v) is 3.98. The van der Waals surface area contributed by atoms with Crippen molar-refractivity contribution in [3.63, 3.8) is 0 Å². The number of rotatable bonds is 4. The molecule has 8 nitrogen and oxygen atoms in total. The summed E-state index contributed by atoms with van der Waals surface area (Å²) >= 11 is 0. The number of fused-ring (bicyclic) bond motifs is 1. The molecule has 0 amide bonds. The quantitative estimate of drug-likeness (QED) is 0.548. The molecule has 1 atom stereocenters. The van der Waals surface area contributed by atoms with E-state index in [0.717, 1.165) is 34.6 Å². The minimum absolute atomic E-state index is 0.0375. The van der Waals surface area contributed by atoms with Crippen LogP contribution in [0, 0.1) is 12.7 Å². The van der Waals surface area contributed by atoms with Crippen molar-refractivity contribution >= 4 is 32.6 Å². The van der Waals surface area contributed by atoms with Gasteiger partial charge in [0.05, 0.1) is 16.0 Å². The molecular weight excluding hydrogens is 407 g/mol. The Kier molecular flexibility index (Phi) is 4.63. The molecule has 0 bridgehead atoms. The van der Waals surface area contributed by atoms with Gasteiger partial charge in [0.2, 0.25) is 5.79 Å². The van der Waals surface area contributed by atoms with Crippen LogP contribution in [0.4, 0.5) is 10.1 Å². The molecular formula is C20H21FN6O2S. The monoisotopic (exact) mass is 428 g/mol. The summed E-state index contributed by atoms with van der Waals surface area (Å²) in [5.74, 6) is -1.77. The van der Waals surface area contributed by atoms with Gasteiger partial charge >= 0.3 is 0 Å². The first-order chi connectivity index (χ1) is 14.1. The molecule has 4 N–H and O–H groups in total. The lowest BCUT2D eigenvalue weighted by Gasteiger charge is -2.35. The van der Waals surface area contributed by atoms with E-state index in [1.165, 1.54) is 18.3 Å². The van der Waals surface area contributed by atoms with Crippen LogP contribution >= 0.6 is 0 Å². The Morgan fingerprint density at radius 1 is 1.20 bits per heavy atom. The standard InChI is InChI=1S/C20H21FN6O2S/c1-12-15-6-4-13(10-18(15)26-25-12)27(2)19-8-9-23-20(22,24-19)16-11-14(30(3,28)29)5-7-17(16)21/h4-11,24H,22H2,1-3H3,(H,25,26). The summed E-state index contributed by atoms with van der Waals surface area (Å²) < 4.78 is 38.4. The molecule has 2 heterocycles. The van der Waals surface area contributed by atoms with E-state index >= 15 is 0 Å². The van der Waals surface area contributed by atoms with E-state index in [1.54, 1.807) is 6.08 Å². The summed E-state index contributed by atoms with van der Waals surface area (Å²) in [6, 6.07) is 9.29. The van der Waals surface area contributed by atoms with Crippen molar-refractivity contribution < 1.29 is 12.8 Å². The van der Waals surface area contributed by atoms with Crippen molar-refractivity contribution in [2.45, 2.75) is 17.6 Å². The van der Waals surface area contributed by atoms with Gasteiger partial charge in [0.15, 0.2) is 9.84 Å². The molecule has 3 aromatic rings. The number of aromatic amines is 1. The molecule has 0 saturated carbocycles. The number of aromatic nitrogens is 2. The van der Waals surface area contributed by atoms with Crippen molar-refractivity contribution in [3.05, 3.63) is 65.4 Å². The smallest absolute Gasteiger partial charge is 0.213 e. The lowest BCUT2D eigenvalue weighted by atomic mass is 10.1. The first-order valence-corrected chi connectivity index (χ1v) is 11.0. The molecule has 30 heavy (non-hydrogen) atoms. The molecule has 2 aromatic carbocycles. The van der Waals surface area contributed by atoms with Crippen LogP contribution in [0.3, 0.4) is 0 Å². The summed E-state index contributed by atoms with van der Waals surface area (Å²) in [4.78, 5) is 5.97. The van der Waals surface area contributed by atoms with Gasteiger partial charge in [-0.2, -0.15) is 5.10 Å². The summed E-state index contributed by atoms with van der Waals surface area (Å²) in [5.41, 5.74) is 8.91. The molecule has 1 aromatic heterocycles. The van der Waals surface area contributed by atoms with E-state index in [4.69, 9.17) is 5.73 Å². The highest BCUT2D eigenvalue weighted by Crippen LogP contribution is 2.29. The second-order valence-corrected chi connectivity index (χ2v) is 9.26. The Bertz CT molecular complexity index is 1310. The van der Waals surface area contributed by atoms with Crippen LogP contribution in [0.15, 0.2) is 58.2 Å².